The molecule has 1 aliphatic heterocycles. The predicted octanol–water partition coefficient (Wildman–Crippen LogP) is 2.51. The summed E-state index contributed by atoms with van der Waals surface area (Å²) >= 11 is 0. The highest BCUT2D eigenvalue weighted by molar-refractivity contribution is 5.98. The van der Waals surface area contributed by atoms with Gasteiger partial charge >= 0.3 is 0 Å². The van der Waals surface area contributed by atoms with Gasteiger partial charge in [0.15, 0.2) is 0 Å². The Bertz CT molecular complexity index is 537. The minimum absolute atomic E-state index is 0.102. The molecule has 1 aromatic rings. The molecule has 2 rings (SSSR count). The van der Waals surface area contributed by atoms with Gasteiger partial charge in [-0.2, -0.15) is 0 Å². The molecule has 0 saturated carbocycles. The number of nitrogens with zero attached hydrogens (tertiary/aromatic N) is 2. The average molecular weight is 305 g/mol. The number of nitrogens with one attached hydrogen (secondary N) is 1. The molecule has 0 radical (unpaired) electrons. The van der Waals surface area contributed by atoms with Gasteiger partial charge in [-0.15, -0.1) is 0 Å². The van der Waals surface area contributed by atoms with Crippen LogP contribution in [-0.4, -0.2) is 41.9 Å². The lowest BCUT2D eigenvalue weighted by atomic mass is 10.1. The fraction of sp³-hybridized carbons (Fsp3) is 0.562. The third-order valence-electron chi connectivity index (χ3n) is 4.08. The quantitative estimate of drug-likeness (QED) is 0.670. The molecule has 6 nitrogen and oxygen atoms in total. The van der Waals surface area contributed by atoms with E-state index in [0.29, 0.717) is 12.1 Å². The van der Waals surface area contributed by atoms with Crippen LogP contribution in [0.2, 0.25) is 0 Å². The monoisotopic (exact) mass is 305 g/mol. The normalized spacial score (nSPS) is 16.0. The van der Waals surface area contributed by atoms with Crippen molar-refractivity contribution in [2.75, 3.05) is 26.2 Å². The SMILES string of the molecule is Cc1cccc(C(=O)NCCN2CCCCCC2)c1[N+](=O)[O-]. The lowest BCUT2D eigenvalue weighted by molar-refractivity contribution is -0.385. The summed E-state index contributed by atoms with van der Waals surface area (Å²) in [6.45, 7) is 5.10. The summed E-state index contributed by atoms with van der Waals surface area (Å²) in [5.74, 6) is -0.370. The van der Waals surface area contributed by atoms with E-state index in [-0.39, 0.29) is 17.2 Å². The fourth-order valence-corrected chi connectivity index (χ4v) is 2.87. The number of carbonyl (C=O) groups excluding carboxylic acids is 1. The van der Waals surface area contributed by atoms with E-state index >= 15 is 0 Å². The Hall–Kier alpha value is -1.95. The van der Waals surface area contributed by atoms with Crippen molar-refractivity contribution in [1.29, 1.82) is 0 Å². The van der Waals surface area contributed by atoms with Crippen LogP contribution in [0.15, 0.2) is 18.2 Å². The van der Waals surface area contributed by atoms with E-state index in [1.54, 1.807) is 19.1 Å². The number of hydrogen-bond donors (Lipinski definition) is 1. The van der Waals surface area contributed by atoms with Crippen LogP contribution in [0.4, 0.5) is 5.69 Å². The summed E-state index contributed by atoms with van der Waals surface area (Å²) in [7, 11) is 0. The predicted molar refractivity (Wildman–Crippen MR) is 85.1 cm³/mol. The molecule has 0 aliphatic carbocycles. The van der Waals surface area contributed by atoms with Crippen molar-refractivity contribution in [3.8, 4) is 0 Å². The van der Waals surface area contributed by atoms with E-state index < -0.39 is 4.92 Å². The summed E-state index contributed by atoms with van der Waals surface area (Å²) in [5, 5.41) is 13.9. The Balaban J connectivity index is 1.92. The second kappa shape index (κ2) is 7.89. The van der Waals surface area contributed by atoms with Crippen LogP contribution in [0.5, 0.6) is 0 Å². The maximum atomic E-state index is 12.2. The maximum Gasteiger partial charge on any atom is 0.285 e. The molecular weight excluding hydrogens is 282 g/mol. The third kappa shape index (κ3) is 4.27. The average Bonchev–Trinajstić information content (AvgIpc) is 2.75. The topological polar surface area (TPSA) is 75.5 Å². The van der Waals surface area contributed by atoms with Crippen LogP contribution in [0.1, 0.15) is 41.6 Å². The van der Waals surface area contributed by atoms with E-state index in [1.165, 1.54) is 31.7 Å². The number of aryl methyl sites for hydroxylation is 1. The zero-order valence-corrected chi connectivity index (χ0v) is 13.0. The van der Waals surface area contributed by atoms with E-state index in [1.807, 2.05) is 0 Å². The van der Waals surface area contributed by atoms with Gasteiger partial charge in [-0.3, -0.25) is 14.9 Å². The summed E-state index contributed by atoms with van der Waals surface area (Å²) in [6.07, 6.45) is 4.96. The van der Waals surface area contributed by atoms with Crippen molar-refractivity contribution >= 4 is 11.6 Å². The summed E-state index contributed by atoms with van der Waals surface area (Å²) in [4.78, 5) is 25.2. The number of para-hydroxylation sites is 1. The first-order chi connectivity index (χ1) is 10.6. The molecule has 0 unspecified atom stereocenters. The van der Waals surface area contributed by atoms with E-state index in [2.05, 4.69) is 10.2 Å². The highest BCUT2D eigenvalue weighted by Crippen LogP contribution is 2.22. The Labute approximate surface area is 130 Å². The van der Waals surface area contributed by atoms with Crippen LogP contribution in [0.25, 0.3) is 0 Å². The fourth-order valence-electron chi connectivity index (χ4n) is 2.87. The minimum atomic E-state index is -0.487. The van der Waals surface area contributed by atoms with E-state index in [9.17, 15) is 14.9 Å². The first-order valence-electron chi connectivity index (χ1n) is 7.84. The van der Waals surface area contributed by atoms with Gasteiger partial charge in [0.25, 0.3) is 11.6 Å². The number of nitro groups is 1. The minimum Gasteiger partial charge on any atom is -0.351 e. The highest BCUT2D eigenvalue weighted by atomic mass is 16.6. The smallest absolute Gasteiger partial charge is 0.285 e. The molecule has 0 atom stereocenters. The van der Waals surface area contributed by atoms with Crippen LogP contribution in [0.3, 0.4) is 0 Å². The zero-order valence-electron chi connectivity index (χ0n) is 13.0. The molecule has 1 fully saturated rings. The Morgan fingerprint density at radius 3 is 2.59 bits per heavy atom. The van der Waals surface area contributed by atoms with Gasteiger partial charge in [-0.05, 0) is 38.9 Å². The lowest BCUT2D eigenvalue weighted by Gasteiger charge is -2.19. The molecule has 1 N–H and O–H groups in total. The number of hydrogen-bond acceptors (Lipinski definition) is 4. The number of carbonyl (C=O) groups is 1. The molecule has 22 heavy (non-hydrogen) atoms. The van der Waals surface area contributed by atoms with Crippen LogP contribution >= 0.6 is 0 Å². The van der Waals surface area contributed by atoms with Crippen LogP contribution < -0.4 is 5.32 Å². The first kappa shape index (κ1) is 16.4. The Morgan fingerprint density at radius 1 is 1.27 bits per heavy atom. The molecule has 120 valence electrons. The van der Waals surface area contributed by atoms with Gasteiger partial charge in [-0.25, -0.2) is 0 Å². The molecule has 1 amide bonds. The van der Waals surface area contributed by atoms with Crippen LogP contribution in [-0.2, 0) is 0 Å². The van der Waals surface area contributed by atoms with Gasteiger partial charge in [-0.1, -0.05) is 25.0 Å². The molecule has 6 heteroatoms. The maximum absolute atomic E-state index is 12.2. The molecule has 0 spiro atoms. The standard InChI is InChI=1S/C16H23N3O3/c1-13-7-6-8-14(15(13)19(21)22)16(20)17-9-12-18-10-4-2-3-5-11-18/h6-8H,2-5,9-12H2,1H3,(H,17,20). The second-order valence-corrected chi connectivity index (χ2v) is 5.74. The second-order valence-electron chi connectivity index (χ2n) is 5.74. The molecular formula is C16H23N3O3. The third-order valence-corrected chi connectivity index (χ3v) is 4.08. The zero-order chi connectivity index (χ0) is 15.9. The summed E-state index contributed by atoms with van der Waals surface area (Å²) in [5.41, 5.74) is 0.542. The first-order valence-corrected chi connectivity index (χ1v) is 7.84. The lowest BCUT2D eigenvalue weighted by Crippen LogP contribution is -2.35. The van der Waals surface area contributed by atoms with Crippen molar-refractivity contribution in [2.24, 2.45) is 0 Å². The van der Waals surface area contributed by atoms with Crippen molar-refractivity contribution in [3.63, 3.8) is 0 Å². The number of rotatable bonds is 5. The summed E-state index contributed by atoms with van der Waals surface area (Å²) in [6, 6.07) is 4.82. The number of amides is 1. The number of nitro benzene ring substituents is 1. The molecule has 1 saturated heterocycles. The molecule has 0 aromatic heterocycles. The number of likely N-dealkylation sites (tertiary alicyclic amines) is 1. The van der Waals surface area contributed by atoms with Crippen molar-refractivity contribution < 1.29 is 9.72 Å². The van der Waals surface area contributed by atoms with Gasteiger partial charge in [0.05, 0.1) is 4.92 Å². The molecule has 1 heterocycles. The van der Waals surface area contributed by atoms with Gasteiger partial charge < -0.3 is 10.2 Å². The van der Waals surface area contributed by atoms with E-state index in [0.717, 1.165) is 19.6 Å². The van der Waals surface area contributed by atoms with Gasteiger partial charge in [0.1, 0.15) is 5.56 Å². The van der Waals surface area contributed by atoms with Gasteiger partial charge in [0.2, 0.25) is 0 Å². The van der Waals surface area contributed by atoms with Crippen LogP contribution in [0, 0.1) is 17.0 Å². The summed E-state index contributed by atoms with van der Waals surface area (Å²) < 4.78 is 0. The Morgan fingerprint density at radius 2 is 1.95 bits per heavy atom. The van der Waals surface area contributed by atoms with E-state index in [4.69, 9.17) is 0 Å². The van der Waals surface area contributed by atoms with Gasteiger partial charge in [0, 0.05) is 18.7 Å². The van der Waals surface area contributed by atoms with Crippen molar-refractivity contribution in [1.82, 2.24) is 10.2 Å². The van der Waals surface area contributed by atoms with Crippen molar-refractivity contribution in [3.05, 3.63) is 39.4 Å². The molecule has 1 aliphatic rings. The number of benzene rings is 1. The molecule has 0 bridgehead atoms. The highest BCUT2D eigenvalue weighted by Gasteiger charge is 2.22. The largest absolute Gasteiger partial charge is 0.351 e. The molecule has 1 aromatic carbocycles. The Kier molecular flexibility index (Phi) is 5.89. The van der Waals surface area contributed by atoms with Crippen molar-refractivity contribution in [2.45, 2.75) is 32.6 Å².